The molecular formula is C16H22O3. The Morgan fingerprint density at radius 3 is 2.16 bits per heavy atom. The zero-order valence-corrected chi connectivity index (χ0v) is 12.3. The third-order valence-electron chi connectivity index (χ3n) is 2.20. The Bertz CT molecular complexity index is 459. The van der Waals surface area contributed by atoms with Crippen molar-refractivity contribution in [1.29, 1.82) is 0 Å². The molecule has 0 radical (unpaired) electrons. The van der Waals surface area contributed by atoms with Gasteiger partial charge in [-0.3, -0.25) is 4.79 Å². The van der Waals surface area contributed by atoms with Crippen molar-refractivity contribution in [1.82, 2.24) is 0 Å². The van der Waals surface area contributed by atoms with Crippen LogP contribution >= 0.6 is 0 Å². The molecule has 3 nitrogen and oxygen atoms in total. The monoisotopic (exact) mass is 262 g/mol. The normalized spacial score (nSPS) is 11.3. The van der Waals surface area contributed by atoms with Crippen molar-refractivity contribution in [2.45, 2.75) is 46.8 Å². The summed E-state index contributed by atoms with van der Waals surface area (Å²) in [6.07, 6.45) is 3.47. The van der Waals surface area contributed by atoms with Gasteiger partial charge in [0.2, 0.25) is 0 Å². The van der Waals surface area contributed by atoms with Crippen molar-refractivity contribution in [3.63, 3.8) is 0 Å². The van der Waals surface area contributed by atoms with Crippen LogP contribution in [0.3, 0.4) is 0 Å². The fraction of sp³-hybridized carbons (Fsp3) is 0.438. The van der Waals surface area contributed by atoms with Gasteiger partial charge in [0.1, 0.15) is 0 Å². The van der Waals surface area contributed by atoms with Crippen molar-refractivity contribution in [3.8, 4) is 11.5 Å². The largest absolute Gasteiger partial charge is 0.487 e. The molecule has 0 bridgehead atoms. The molecule has 1 rings (SSSR count). The molecule has 0 aliphatic heterocycles. The zero-order valence-electron chi connectivity index (χ0n) is 12.3. The van der Waals surface area contributed by atoms with E-state index in [1.54, 1.807) is 6.08 Å². The molecule has 19 heavy (non-hydrogen) atoms. The average molecular weight is 262 g/mol. The highest BCUT2D eigenvalue weighted by molar-refractivity contribution is 5.91. The predicted molar refractivity (Wildman–Crippen MR) is 77.7 cm³/mol. The Morgan fingerprint density at radius 1 is 1.05 bits per heavy atom. The molecule has 0 aliphatic carbocycles. The first-order valence-electron chi connectivity index (χ1n) is 6.54. The van der Waals surface area contributed by atoms with E-state index in [0.717, 1.165) is 11.3 Å². The molecule has 1 aromatic rings. The van der Waals surface area contributed by atoms with Crippen LogP contribution in [0.15, 0.2) is 24.3 Å². The van der Waals surface area contributed by atoms with E-state index in [1.165, 1.54) is 13.0 Å². The first-order valence-corrected chi connectivity index (χ1v) is 6.54. The lowest BCUT2D eigenvalue weighted by atomic mass is 10.1. The molecule has 104 valence electrons. The van der Waals surface area contributed by atoms with Crippen molar-refractivity contribution in [2.24, 2.45) is 0 Å². The number of carbonyl (C=O) groups excluding carboxylic acids is 1. The summed E-state index contributed by atoms with van der Waals surface area (Å²) in [7, 11) is 0. The minimum Gasteiger partial charge on any atom is -0.487 e. The van der Waals surface area contributed by atoms with Crippen LogP contribution in [0.5, 0.6) is 11.5 Å². The molecule has 0 aromatic heterocycles. The van der Waals surface area contributed by atoms with E-state index in [-0.39, 0.29) is 18.0 Å². The molecule has 0 unspecified atom stereocenters. The molecule has 0 atom stereocenters. The minimum atomic E-state index is 0.0221. The number of hydrogen-bond donors (Lipinski definition) is 0. The van der Waals surface area contributed by atoms with Gasteiger partial charge in [0, 0.05) is 0 Å². The van der Waals surface area contributed by atoms with Gasteiger partial charge in [0.15, 0.2) is 17.3 Å². The zero-order chi connectivity index (χ0) is 14.4. The van der Waals surface area contributed by atoms with Crippen molar-refractivity contribution in [2.75, 3.05) is 0 Å². The third kappa shape index (κ3) is 5.60. The highest BCUT2D eigenvalue weighted by Gasteiger charge is 2.09. The van der Waals surface area contributed by atoms with Crippen LogP contribution in [-0.4, -0.2) is 18.0 Å². The Balaban J connectivity index is 3.03. The van der Waals surface area contributed by atoms with Crippen molar-refractivity contribution >= 4 is 11.9 Å². The Labute approximate surface area is 115 Å². The number of ether oxygens (including phenoxy) is 2. The molecule has 0 spiro atoms. The maximum Gasteiger partial charge on any atom is 0.162 e. The molecule has 0 fully saturated rings. The summed E-state index contributed by atoms with van der Waals surface area (Å²) in [5.41, 5.74) is 0.918. The van der Waals surface area contributed by atoms with Crippen LogP contribution in [0.1, 0.15) is 40.2 Å². The summed E-state index contributed by atoms with van der Waals surface area (Å²) < 4.78 is 11.5. The summed E-state index contributed by atoms with van der Waals surface area (Å²) in [6, 6.07) is 5.67. The van der Waals surface area contributed by atoms with E-state index in [2.05, 4.69) is 0 Å². The Hall–Kier alpha value is -1.77. The number of ketones is 1. The van der Waals surface area contributed by atoms with Crippen LogP contribution in [0.4, 0.5) is 0 Å². The molecule has 0 N–H and O–H groups in total. The van der Waals surface area contributed by atoms with Crippen LogP contribution < -0.4 is 9.47 Å². The van der Waals surface area contributed by atoms with E-state index < -0.39 is 0 Å². The van der Waals surface area contributed by atoms with E-state index in [1.807, 2.05) is 45.9 Å². The second-order valence-electron chi connectivity index (χ2n) is 4.98. The summed E-state index contributed by atoms with van der Waals surface area (Å²) >= 11 is 0. The number of hydrogen-bond acceptors (Lipinski definition) is 3. The van der Waals surface area contributed by atoms with Gasteiger partial charge in [-0.1, -0.05) is 12.1 Å². The first-order chi connectivity index (χ1) is 8.88. The molecule has 3 heteroatoms. The number of allylic oxidation sites excluding steroid dienone is 1. The van der Waals surface area contributed by atoms with Crippen molar-refractivity contribution < 1.29 is 14.3 Å². The minimum absolute atomic E-state index is 0.0221. The number of benzene rings is 1. The molecule has 0 amide bonds. The van der Waals surface area contributed by atoms with E-state index in [0.29, 0.717) is 5.75 Å². The molecule has 0 saturated heterocycles. The van der Waals surface area contributed by atoms with E-state index in [4.69, 9.17) is 9.47 Å². The van der Waals surface area contributed by atoms with Crippen molar-refractivity contribution in [3.05, 3.63) is 29.8 Å². The first kappa shape index (κ1) is 15.3. The van der Waals surface area contributed by atoms with Crippen LogP contribution in [0.25, 0.3) is 6.08 Å². The third-order valence-corrected chi connectivity index (χ3v) is 2.20. The summed E-state index contributed by atoms with van der Waals surface area (Å²) in [6.45, 7) is 9.41. The van der Waals surface area contributed by atoms with Crippen LogP contribution in [0.2, 0.25) is 0 Å². The number of carbonyl (C=O) groups is 1. The second-order valence-corrected chi connectivity index (χ2v) is 4.98. The van der Waals surface area contributed by atoms with Gasteiger partial charge < -0.3 is 9.47 Å². The Morgan fingerprint density at radius 2 is 1.63 bits per heavy atom. The summed E-state index contributed by atoms with van der Waals surface area (Å²) in [5.74, 6) is 1.45. The molecule has 0 saturated carbocycles. The van der Waals surface area contributed by atoms with Gasteiger partial charge in [-0.05, 0) is 58.4 Å². The maximum absolute atomic E-state index is 10.9. The average Bonchev–Trinajstić information content (AvgIpc) is 2.28. The predicted octanol–water partition coefficient (Wildman–Crippen LogP) is 3.86. The smallest absolute Gasteiger partial charge is 0.162 e. The maximum atomic E-state index is 10.9. The molecule has 0 aliphatic rings. The quantitative estimate of drug-likeness (QED) is 0.730. The SMILES string of the molecule is CC(=O)/C=C/c1ccc(OC(C)C)c(OC(C)C)c1. The second kappa shape index (κ2) is 6.98. The molecular weight excluding hydrogens is 240 g/mol. The van der Waals surface area contributed by atoms with Gasteiger partial charge in [0.25, 0.3) is 0 Å². The topological polar surface area (TPSA) is 35.5 Å². The van der Waals surface area contributed by atoms with Crippen LogP contribution in [0, 0.1) is 0 Å². The summed E-state index contributed by atoms with van der Waals surface area (Å²) in [5, 5.41) is 0. The highest BCUT2D eigenvalue weighted by Crippen LogP contribution is 2.30. The number of rotatable bonds is 6. The Kier molecular flexibility index (Phi) is 5.61. The molecule has 1 aromatic carbocycles. The lowest BCUT2D eigenvalue weighted by Crippen LogP contribution is -2.10. The highest BCUT2D eigenvalue weighted by atomic mass is 16.5. The van der Waals surface area contributed by atoms with Gasteiger partial charge in [-0.25, -0.2) is 0 Å². The fourth-order valence-corrected chi connectivity index (χ4v) is 1.54. The van der Waals surface area contributed by atoms with Gasteiger partial charge in [-0.15, -0.1) is 0 Å². The van der Waals surface area contributed by atoms with E-state index in [9.17, 15) is 4.79 Å². The van der Waals surface area contributed by atoms with Gasteiger partial charge in [0.05, 0.1) is 12.2 Å². The van der Waals surface area contributed by atoms with Gasteiger partial charge in [-0.2, -0.15) is 0 Å². The fourth-order valence-electron chi connectivity index (χ4n) is 1.54. The molecule has 0 heterocycles. The standard InChI is InChI=1S/C16H22O3/c1-11(2)18-15-9-8-14(7-6-13(5)17)10-16(15)19-12(3)4/h6-12H,1-5H3/b7-6+. The van der Waals surface area contributed by atoms with E-state index >= 15 is 0 Å². The lowest BCUT2D eigenvalue weighted by Gasteiger charge is -2.17. The summed E-state index contributed by atoms with van der Waals surface area (Å²) in [4.78, 5) is 10.9. The van der Waals surface area contributed by atoms with Crippen LogP contribution in [-0.2, 0) is 4.79 Å². The van der Waals surface area contributed by atoms with Gasteiger partial charge >= 0.3 is 0 Å². The lowest BCUT2D eigenvalue weighted by molar-refractivity contribution is -0.112.